The maximum atomic E-state index is 13.3. The molecule has 0 bridgehead atoms. The predicted octanol–water partition coefficient (Wildman–Crippen LogP) is 5.99. The number of rotatable bonds is 5. The third kappa shape index (κ3) is 4.06. The first-order chi connectivity index (χ1) is 15.5. The van der Waals surface area contributed by atoms with Gasteiger partial charge in [0.2, 0.25) is 10.9 Å². The fourth-order valence-electron chi connectivity index (χ4n) is 3.52. The first-order valence-corrected chi connectivity index (χ1v) is 11.2. The van der Waals surface area contributed by atoms with Crippen molar-refractivity contribution >= 4 is 39.7 Å². The van der Waals surface area contributed by atoms with Crippen LogP contribution in [0.15, 0.2) is 53.9 Å². The smallest absolute Gasteiger partial charge is 0.249 e. The molecule has 0 aliphatic heterocycles. The summed E-state index contributed by atoms with van der Waals surface area (Å²) in [6, 6.07) is 14.1. The molecule has 2 aromatic carbocycles. The van der Waals surface area contributed by atoms with Crippen molar-refractivity contribution in [3.8, 4) is 11.3 Å². The number of nitrogens with zero attached hydrogens (tertiary/aromatic N) is 5. The Balaban J connectivity index is 1.49. The van der Waals surface area contributed by atoms with Crippen molar-refractivity contribution in [2.75, 3.05) is 5.32 Å². The average molecular weight is 465 g/mol. The lowest BCUT2D eigenvalue weighted by Crippen LogP contribution is -2.07. The molecule has 9 heteroatoms. The molecule has 160 valence electrons. The zero-order valence-electron chi connectivity index (χ0n) is 17.3. The first kappa shape index (κ1) is 20.5. The summed E-state index contributed by atoms with van der Waals surface area (Å²) < 4.78 is 15.1. The molecular formula is C23H18ClFN6S. The van der Waals surface area contributed by atoms with E-state index in [2.05, 4.69) is 25.4 Å². The fraction of sp³-hybridized carbons (Fsp3) is 0.130. The molecule has 0 unspecified atom stereocenters. The number of halogens is 2. The van der Waals surface area contributed by atoms with Gasteiger partial charge in [-0.2, -0.15) is 4.98 Å². The molecule has 0 spiro atoms. The number of benzene rings is 2. The highest BCUT2D eigenvalue weighted by Crippen LogP contribution is 2.28. The molecule has 0 saturated carbocycles. The van der Waals surface area contributed by atoms with Crippen molar-refractivity contribution in [1.29, 1.82) is 0 Å². The van der Waals surface area contributed by atoms with E-state index in [4.69, 9.17) is 11.6 Å². The Morgan fingerprint density at radius 2 is 1.75 bits per heavy atom. The second-order valence-corrected chi connectivity index (χ2v) is 8.64. The third-order valence-electron chi connectivity index (χ3n) is 5.07. The standard InChI is InChI=1S/C23H18ClFN6S/c1-13-19(11-15-3-7-17(24)8-4-15)21(27-14(2)26-13)28-22-29-23-31(30-22)20(12-32-23)16-5-9-18(25)10-6-16/h3-10,12H,11H2,1-2H3,(H,26,27,28,30). The van der Waals surface area contributed by atoms with Crippen molar-refractivity contribution in [3.63, 3.8) is 0 Å². The van der Waals surface area contributed by atoms with Crippen LogP contribution in [0, 0.1) is 19.7 Å². The molecule has 3 heterocycles. The van der Waals surface area contributed by atoms with E-state index in [1.165, 1.54) is 23.5 Å². The molecule has 0 aliphatic rings. The summed E-state index contributed by atoms with van der Waals surface area (Å²) in [4.78, 5) is 14.5. The van der Waals surface area contributed by atoms with Gasteiger partial charge in [-0.25, -0.2) is 18.9 Å². The Kier molecular flexibility index (Phi) is 5.32. The van der Waals surface area contributed by atoms with Crippen LogP contribution < -0.4 is 5.32 Å². The molecule has 0 amide bonds. The van der Waals surface area contributed by atoms with E-state index in [0.717, 1.165) is 33.0 Å². The lowest BCUT2D eigenvalue weighted by Gasteiger charge is -2.12. The van der Waals surface area contributed by atoms with Gasteiger partial charge in [-0.3, -0.25) is 0 Å². The first-order valence-electron chi connectivity index (χ1n) is 9.92. The second kappa shape index (κ2) is 8.29. The average Bonchev–Trinajstić information content (AvgIpc) is 3.33. The van der Waals surface area contributed by atoms with Gasteiger partial charge in [0.05, 0.1) is 5.69 Å². The number of aryl methyl sites for hydroxylation is 2. The van der Waals surface area contributed by atoms with E-state index in [0.29, 0.717) is 29.0 Å². The minimum absolute atomic E-state index is 0.274. The van der Waals surface area contributed by atoms with Gasteiger partial charge in [0.1, 0.15) is 17.5 Å². The van der Waals surface area contributed by atoms with E-state index in [1.54, 1.807) is 16.6 Å². The number of hydrogen-bond acceptors (Lipinski definition) is 6. The van der Waals surface area contributed by atoms with E-state index in [-0.39, 0.29) is 5.82 Å². The summed E-state index contributed by atoms with van der Waals surface area (Å²) in [5.41, 5.74) is 4.68. The van der Waals surface area contributed by atoms with Crippen molar-refractivity contribution in [1.82, 2.24) is 24.6 Å². The maximum absolute atomic E-state index is 13.3. The van der Waals surface area contributed by atoms with Gasteiger partial charge in [-0.15, -0.1) is 16.4 Å². The highest BCUT2D eigenvalue weighted by molar-refractivity contribution is 7.15. The maximum Gasteiger partial charge on any atom is 0.249 e. The predicted molar refractivity (Wildman–Crippen MR) is 125 cm³/mol. The summed E-state index contributed by atoms with van der Waals surface area (Å²) in [6.07, 6.45) is 0.647. The van der Waals surface area contributed by atoms with Gasteiger partial charge in [0.15, 0.2) is 0 Å². The van der Waals surface area contributed by atoms with Crippen molar-refractivity contribution in [2.24, 2.45) is 0 Å². The van der Waals surface area contributed by atoms with Crippen LogP contribution in [0.2, 0.25) is 5.02 Å². The van der Waals surface area contributed by atoms with Gasteiger partial charge in [0.25, 0.3) is 0 Å². The molecule has 0 radical (unpaired) electrons. The molecule has 0 saturated heterocycles. The lowest BCUT2D eigenvalue weighted by atomic mass is 10.0. The summed E-state index contributed by atoms with van der Waals surface area (Å²) in [5, 5.41) is 10.5. The monoisotopic (exact) mass is 464 g/mol. The normalized spacial score (nSPS) is 11.2. The van der Waals surface area contributed by atoms with E-state index < -0.39 is 0 Å². The zero-order valence-corrected chi connectivity index (χ0v) is 18.9. The van der Waals surface area contributed by atoms with Crippen molar-refractivity contribution in [3.05, 3.63) is 87.4 Å². The molecular weight excluding hydrogens is 447 g/mol. The van der Waals surface area contributed by atoms with Gasteiger partial charge in [-0.1, -0.05) is 23.7 Å². The summed E-state index contributed by atoms with van der Waals surface area (Å²) >= 11 is 7.49. The SMILES string of the molecule is Cc1nc(C)c(Cc2ccc(Cl)cc2)c(Nc2nc3scc(-c4ccc(F)cc4)n3n2)n1. The van der Waals surface area contributed by atoms with Gasteiger partial charge >= 0.3 is 0 Å². The van der Waals surface area contributed by atoms with E-state index in [1.807, 2.05) is 43.5 Å². The summed E-state index contributed by atoms with van der Waals surface area (Å²) in [6.45, 7) is 3.83. The minimum atomic E-state index is -0.274. The number of fused-ring (bicyclic) bond motifs is 1. The quantitative estimate of drug-likeness (QED) is 0.346. The molecule has 0 aliphatic carbocycles. The zero-order chi connectivity index (χ0) is 22.2. The van der Waals surface area contributed by atoms with Crippen LogP contribution in [0.1, 0.15) is 22.6 Å². The number of aromatic nitrogens is 5. The summed E-state index contributed by atoms with van der Waals surface area (Å²) in [5.74, 6) is 1.50. The second-order valence-electron chi connectivity index (χ2n) is 7.37. The van der Waals surface area contributed by atoms with Crippen LogP contribution in [-0.4, -0.2) is 24.6 Å². The van der Waals surface area contributed by atoms with Crippen LogP contribution in [0.4, 0.5) is 16.2 Å². The lowest BCUT2D eigenvalue weighted by molar-refractivity contribution is 0.628. The number of anilines is 2. The molecule has 1 N–H and O–H groups in total. The van der Waals surface area contributed by atoms with Crippen molar-refractivity contribution in [2.45, 2.75) is 20.3 Å². The Hall–Kier alpha value is -3.36. The molecule has 0 fully saturated rings. The molecule has 0 atom stereocenters. The van der Waals surface area contributed by atoms with Gasteiger partial charge in [-0.05, 0) is 55.8 Å². The third-order valence-corrected chi connectivity index (χ3v) is 6.14. The van der Waals surface area contributed by atoms with Crippen LogP contribution in [0.5, 0.6) is 0 Å². The van der Waals surface area contributed by atoms with Crippen LogP contribution in [0.3, 0.4) is 0 Å². The van der Waals surface area contributed by atoms with Crippen molar-refractivity contribution < 1.29 is 4.39 Å². The van der Waals surface area contributed by atoms with Gasteiger partial charge in [0, 0.05) is 33.6 Å². The summed E-state index contributed by atoms with van der Waals surface area (Å²) in [7, 11) is 0. The van der Waals surface area contributed by atoms with Crippen LogP contribution >= 0.6 is 22.9 Å². The highest BCUT2D eigenvalue weighted by atomic mass is 35.5. The van der Waals surface area contributed by atoms with Crippen LogP contribution in [0.25, 0.3) is 16.2 Å². The molecule has 5 aromatic rings. The molecule has 5 rings (SSSR count). The topological polar surface area (TPSA) is 68.0 Å². The number of hydrogen-bond donors (Lipinski definition) is 1. The largest absolute Gasteiger partial charge is 0.307 e. The van der Waals surface area contributed by atoms with Gasteiger partial charge < -0.3 is 5.32 Å². The Morgan fingerprint density at radius 3 is 2.50 bits per heavy atom. The molecule has 32 heavy (non-hydrogen) atoms. The van der Waals surface area contributed by atoms with E-state index in [9.17, 15) is 4.39 Å². The van der Waals surface area contributed by atoms with E-state index >= 15 is 0 Å². The minimum Gasteiger partial charge on any atom is -0.307 e. The molecule has 6 nitrogen and oxygen atoms in total. The highest BCUT2D eigenvalue weighted by Gasteiger charge is 2.16. The fourth-order valence-corrected chi connectivity index (χ4v) is 4.47. The number of thiazole rings is 1. The Bertz CT molecular complexity index is 1410. The number of nitrogens with one attached hydrogen (secondary N) is 1. The molecule has 3 aromatic heterocycles. The Labute approximate surface area is 192 Å². The Morgan fingerprint density at radius 1 is 1.00 bits per heavy atom. The van der Waals surface area contributed by atoms with Crippen LogP contribution in [-0.2, 0) is 6.42 Å².